The minimum atomic E-state index is -0.0881. The average Bonchev–Trinajstić information content (AvgIpc) is 2.83. The lowest BCUT2D eigenvalue weighted by molar-refractivity contribution is -0.147. The van der Waals surface area contributed by atoms with Gasteiger partial charge in [-0.1, -0.05) is 11.6 Å². The second-order valence-corrected chi connectivity index (χ2v) is 6.32. The van der Waals surface area contributed by atoms with Crippen LogP contribution in [0.2, 0.25) is 5.02 Å². The van der Waals surface area contributed by atoms with Crippen molar-refractivity contribution in [1.29, 1.82) is 0 Å². The van der Waals surface area contributed by atoms with Crippen LogP contribution in [0.15, 0.2) is 17.3 Å². The van der Waals surface area contributed by atoms with Crippen LogP contribution in [0.3, 0.4) is 0 Å². The van der Waals surface area contributed by atoms with Gasteiger partial charge < -0.3 is 14.8 Å². The van der Waals surface area contributed by atoms with Gasteiger partial charge in [0.1, 0.15) is 0 Å². The smallest absolute Gasteiger partial charge is 0.229 e. The van der Waals surface area contributed by atoms with Gasteiger partial charge in [-0.25, -0.2) is 0 Å². The van der Waals surface area contributed by atoms with E-state index in [1.54, 1.807) is 7.05 Å². The Morgan fingerprint density at radius 2 is 2.00 bits per heavy atom. The number of aliphatic imine (C=N–C) groups is 1. The summed E-state index contributed by atoms with van der Waals surface area (Å²) in [6.45, 7) is 1.48. The first kappa shape index (κ1) is 21.8. The molecular formula is C16H25ClIN5O2. The lowest BCUT2D eigenvalue weighted by Crippen LogP contribution is -2.46. The Bertz CT molecular complexity index is 630. The molecule has 1 aliphatic rings. The predicted octanol–water partition coefficient (Wildman–Crippen LogP) is 1.84. The fraction of sp³-hybridized carbons (Fsp3) is 0.562. The number of carbonyl (C=O) groups is 2. The highest BCUT2D eigenvalue weighted by molar-refractivity contribution is 14.0. The molecule has 0 unspecified atom stereocenters. The van der Waals surface area contributed by atoms with Crippen LogP contribution in [0.4, 0.5) is 0 Å². The first-order valence-electron chi connectivity index (χ1n) is 7.98. The maximum Gasteiger partial charge on any atom is 0.229 e. The Kier molecular flexibility index (Phi) is 8.70. The van der Waals surface area contributed by atoms with Gasteiger partial charge >= 0.3 is 0 Å². The first-order chi connectivity index (χ1) is 11.4. The molecule has 0 aliphatic carbocycles. The SMILES string of the molecule is CN=C(NCCN1C(=O)CCCC1=O)N(C)Cc1cc(Cl)cn1C.I. The number of hydrogen-bond acceptors (Lipinski definition) is 3. The van der Waals surface area contributed by atoms with E-state index >= 15 is 0 Å². The van der Waals surface area contributed by atoms with E-state index in [1.165, 1.54) is 4.90 Å². The van der Waals surface area contributed by atoms with E-state index in [0.717, 1.165) is 5.69 Å². The standard InChI is InChI=1S/C16H24ClN5O2.HI/c1-18-16(21(3)11-13-9-12(17)10-20(13)2)19-7-8-22-14(23)5-4-6-15(22)24;/h9-10H,4-8,11H2,1-3H3,(H,18,19);1H. The molecule has 1 N–H and O–H groups in total. The van der Waals surface area contributed by atoms with Crippen molar-refractivity contribution in [2.24, 2.45) is 12.0 Å². The van der Waals surface area contributed by atoms with Gasteiger partial charge in [-0.05, 0) is 12.5 Å². The van der Waals surface area contributed by atoms with Crippen molar-refractivity contribution in [2.75, 3.05) is 27.2 Å². The molecule has 0 saturated carbocycles. The number of guanidine groups is 1. The summed E-state index contributed by atoms with van der Waals surface area (Å²) in [5, 5.41) is 3.89. The van der Waals surface area contributed by atoms with Gasteiger partial charge in [0.05, 0.1) is 11.6 Å². The second-order valence-electron chi connectivity index (χ2n) is 5.88. The molecule has 2 amide bonds. The molecule has 1 aromatic heterocycles. The molecule has 1 aromatic rings. The molecule has 0 aromatic carbocycles. The highest BCUT2D eigenvalue weighted by Gasteiger charge is 2.25. The lowest BCUT2D eigenvalue weighted by Gasteiger charge is -2.26. The Hall–Kier alpha value is -1.29. The largest absolute Gasteiger partial charge is 0.354 e. The Labute approximate surface area is 170 Å². The number of carbonyl (C=O) groups excluding carboxylic acids is 2. The number of amides is 2. The van der Waals surface area contributed by atoms with Crippen LogP contribution in [0.1, 0.15) is 25.0 Å². The van der Waals surface area contributed by atoms with Crippen molar-refractivity contribution in [3.8, 4) is 0 Å². The summed E-state index contributed by atoms with van der Waals surface area (Å²) in [6.07, 6.45) is 3.42. The van der Waals surface area contributed by atoms with Crippen molar-refractivity contribution in [3.63, 3.8) is 0 Å². The molecule has 25 heavy (non-hydrogen) atoms. The maximum atomic E-state index is 11.8. The van der Waals surface area contributed by atoms with E-state index in [9.17, 15) is 9.59 Å². The zero-order chi connectivity index (χ0) is 17.7. The van der Waals surface area contributed by atoms with Gasteiger partial charge in [-0.15, -0.1) is 24.0 Å². The zero-order valence-electron chi connectivity index (χ0n) is 14.8. The van der Waals surface area contributed by atoms with Crippen molar-refractivity contribution in [2.45, 2.75) is 25.8 Å². The third-order valence-electron chi connectivity index (χ3n) is 4.05. The summed E-state index contributed by atoms with van der Waals surface area (Å²) in [5.74, 6) is 0.522. The van der Waals surface area contributed by atoms with Crippen molar-refractivity contribution in [1.82, 2.24) is 19.7 Å². The van der Waals surface area contributed by atoms with Crippen LogP contribution in [0.5, 0.6) is 0 Å². The molecule has 7 nitrogen and oxygen atoms in total. The van der Waals surface area contributed by atoms with E-state index in [-0.39, 0.29) is 35.8 Å². The summed E-state index contributed by atoms with van der Waals surface area (Å²) in [4.78, 5) is 31.1. The maximum absolute atomic E-state index is 11.8. The van der Waals surface area contributed by atoms with Crippen LogP contribution < -0.4 is 5.32 Å². The van der Waals surface area contributed by atoms with Crippen LogP contribution >= 0.6 is 35.6 Å². The highest BCUT2D eigenvalue weighted by Crippen LogP contribution is 2.14. The van der Waals surface area contributed by atoms with E-state index in [1.807, 2.05) is 35.8 Å². The summed E-state index contributed by atoms with van der Waals surface area (Å²) < 4.78 is 1.97. The average molecular weight is 482 g/mol. The van der Waals surface area contributed by atoms with Gasteiger partial charge in [0.25, 0.3) is 0 Å². The number of nitrogens with zero attached hydrogens (tertiary/aromatic N) is 4. The fourth-order valence-electron chi connectivity index (χ4n) is 2.75. The molecule has 2 rings (SSSR count). The molecule has 0 radical (unpaired) electrons. The number of piperidine rings is 1. The third kappa shape index (κ3) is 5.88. The Balaban J connectivity index is 0.00000312. The van der Waals surface area contributed by atoms with Crippen molar-refractivity contribution < 1.29 is 9.59 Å². The van der Waals surface area contributed by atoms with E-state index in [4.69, 9.17) is 11.6 Å². The summed E-state index contributed by atoms with van der Waals surface area (Å²) in [7, 11) is 5.57. The van der Waals surface area contributed by atoms with Gasteiger partial charge in [0.15, 0.2) is 5.96 Å². The fourth-order valence-corrected chi connectivity index (χ4v) is 3.03. The van der Waals surface area contributed by atoms with Gasteiger partial charge in [-0.2, -0.15) is 0 Å². The topological polar surface area (TPSA) is 69.9 Å². The zero-order valence-corrected chi connectivity index (χ0v) is 17.9. The lowest BCUT2D eigenvalue weighted by atomic mass is 10.1. The quantitative estimate of drug-likeness (QED) is 0.302. The molecule has 0 atom stereocenters. The van der Waals surface area contributed by atoms with E-state index < -0.39 is 0 Å². The number of likely N-dealkylation sites (tertiary alicyclic amines) is 1. The third-order valence-corrected chi connectivity index (χ3v) is 4.26. The van der Waals surface area contributed by atoms with Gasteiger partial charge in [0.2, 0.25) is 11.8 Å². The minimum absolute atomic E-state index is 0. The number of hydrogen-bond donors (Lipinski definition) is 1. The molecule has 140 valence electrons. The summed E-state index contributed by atoms with van der Waals surface area (Å²) >= 11 is 6.00. The van der Waals surface area contributed by atoms with Crippen LogP contribution in [-0.2, 0) is 23.2 Å². The van der Waals surface area contributed by atoms with E-state index in [0.29, 0.717) is 49.9 Å². The van der Waals surface area contributed by atoms with E-state index in [2.05, 4.69) is 10.3 Å². The number of rotatable bonds is 5. The van der Waals surface area contributed by atoms with Crippen molar-refractivity contribution in [3.05, 3.63) is 23.0 Å². The molecule has 2 heterocycles. The Morgan fingerprint density at radius 3 is 2.52 bits per heavy atom. The number of imide groups is 1. The number of nitrogens with one attached hydrogen (secondary N) is 1. The molecule has 1 aliphatic heterocycles. The number of halogens is 2. The molecule has 0 spiro atoms. The summed E-state index contributed by atoms with van der Waals surface area (Å²) in [5.41, 5.74) is 1.06. The molecule has 1 saturated heterocycles. The number of aryl methyl sites for hydroxylation is 1. The Morgan fingerprint density at radius 1 is 1.36 bits per heavy atom. The van der Waals surface area contributed by atoms with Crippen LogP contribution in [0, 0.1) is 0 Å². The molecular weight excluding hydrogens is 457 g/mol. The van der Waals surface area contributed by atoms with Gasteiger partial charge in [0, 0.05) is 59.0 Å². The summed E-state index contributed by atoms with van der Waals surface area (Å²) in [6, 6.07) is 1.91. The normalized spacial score (nSPS) is 15.2. The predicted molar refractivity (Wildman–Crippen MR) is 109 cm³/mol. The molecule has 9 heteroatoms. The molecule has 0 bridgehead atoms. The van der Waals surface area contributed by atoms with Crippen molar-refractivity contribution >= 4 is 53.4 Å². The van der Waals surface area contributed by atoms with Crippen LogP contribution in [0.25, 0.3) is 0 Å². The second kappa shape index (κ2) is 10.0. The van der Waals surface area contributed by atoms with Gasteiger partial charge in [-0.3, -0.25) is 19.5 Å². The minimum Gasteiger partial charge on any atom is -0.354 e. The monoisotopic (exact) mass is 481 g/mol. The first-order valence-corrected chi connectivity index (χ1v) is 8.36. The molecule has 1 fully saturated rings. The van der Waals surface area contributed by atoms with Crippen LogP contribution in [-0.4, -0.2) is 59.3 Å². The highest BCUT2D eigenvalue weighted by atomic mass is 127. The number of aromatic nitrogens is 1.